The van der Waals surface area contributed by atoms with Crippen LogP contribution in [0, 0.1) is 11.6 Å². The summed E-state index contributed by atoms with van der Waals surface area (Å²) in [6.07, 6.45) is 1.45. The molecule has 0 spiro atoms. The van der Waals surface area contributed by atoms with Crippen molar-refractivity contribution in [1.29, 1.82) is 0 Å². The predicted octanol–water partition coefficient (Wildman–Crippen LogP) is 4.75. The fourth-order valence-corrected chi connectivity index (χ4v) is 6.29. The molecule has 3 heterocycles. The molecule has 0 unspecified atom stereocenters. The summed E-state index contributed by atoms with van der Waals surface area (Å²) in [5.41, 5.74) is 2.29. The number of hydroxylamine groups is 1. The highest BCUT2D eigenvalue weighted by Gasteiger charge is 2.26. The van der Waals surface area contributed by atoms with E-state index < -0.39 is 35.5 Å². The summed E-state index contributed by atoms with van der Waals surface area (Å²) in [6, 6.07) is 14.7. The minimum Gasteiger partial charge on any atom is -0.380 e. The SMILES string of the molecule is CCOCCN(C)Cc1c(-c2ccc(NC(=O)NOC)cc2)sc2c1c(=O)n(-c1ccccn1)c(=O)n2Cc1c(F)cccc1F. The topological polar surface area (TPSA) is 120 Å². The van der Waals surface area contributed by atoms with Crippen molar-refractivity contribution < 1.29 is 23.1 Å². The third-order valence-corrected chi connectivity index (χ3v) is 8.48. The Morgan fingerprint density at radius 3 is 2.41 bits per heavy atom. The highest BCUT2D eigenvalue weighted by molar-refractivity contribution is 7.22. The molecule has 0 bridgehead atoms. The number of nitrogens with zero attached hydrogens (tertiary/aromatic N) is 4. The number of benzene rings is 2. The summed E-state index contributed by atoms with van der Waals surface area (Å²) < 4.78 is 37.5. The van der Waals surface area contributed by atoms with E-state index in [1.54, 1.807) is 36.4 Å². The number of fused-ring (bicyclic) bond motifs is 1. The van der Waals surface area contributed by atoms with Crippen molar-refractivity contribution in [1.82, 2.24) is 24.5 Å². The Hall–Kier alpha value is -4.76. The molecule has 11 nitrogen and oxygen atoms in total. The van der Waals surface area contributed by atoms with Crippen LogP contribution in [0.5, 0.6) is 0 Å². The maximum absolute atomic E-state index is 14.9. The van der Waals surface area contributed by atoms with Gasteiger partial charge in [0.2, 0.25) is 0 Å². The molecule has 5 aromatic rings. The van der Waals surface area contributed by atoms with Gasteiger partial charge in [-0.1, -0.05) is 24.3 Å². The number of carbonyl (C=O) groups is 1. The highest BCUT2D eigenvalue weighted by Crippen LogP contribution is 2.38. The lowest BCUT2D eigenvalue weighted by Crippen LogP contribution is -2.39. The lowest BCUT2D eigenvalue weighted by atomic mass is 10.1. The minimum atomic E-state index is -0.816. The molecule has 2 amide bonds. The van der Waals surface area contributed by atoms with Gasteiger partial charge in [-0.25, -0.2) is 33.4 Å². The van der Waals surface area contributed by atoms with Gasteiger partial charge in [-0.05, 0) is 61.5 Å². The number of likely N-dealkylation sites (N-methyl/N-ethyl adjacent to an activating group) is 1. The Labute approximate surface area is 266 Å². The maximum atomic E-state index is 14.9. The second-order valence-electron chi connectivity index (χ2n) is 10.3. The van der Waals surface area contributed by atoms with Crippen LogP contribution in [0.4, 0.5) is 19.3 Å². The van der Waals surface area contributed by atoms with Crippen LogP contribution in [0.15, 0.2) is 76.4 Å². The van der Waals surface area contributed by atoms with Crippen molar-refractivity contribution in [3.05, 3.63) is 110 Å². The fourth-order valence-electron chi connectivity index (χ4n) is 4.99. The number of hydrogen-bond donors (Lipinski definition) is 2. The number of ether oxygens (including phenoxy) is 1. The third kappa shape index (κ3) is 6.89. The first-order chi connectivity index (χ1) is 22.2. The first-order valence-electron chi connectivity index (χ1n) is 14.4. The number of pyridine rings is 1. The zero-order chi connectivity index (χ0) is 32.8. The molecule has 2 N–H and O–H groups in total. The molecule has 2 aromatic carbocycles. The van der Waals surface area contributed by atoms with E-state index in [1.165, 1.54) is 41.3 Å². The van der Waals surface area contributed by atoms with Gasteiger partial charge < -0.3 is 10.1 Å². The van der Waals surface area contributed by atoms with E-state index in [-0.39, 0.29) is 21.6 Å². The standard InChI is InChI=1S/C32H32F2N6O5S/c1-4-45-17-16-38(2)18-23-27-29(41)40(26-10-5-6-15-35-26)32(43)39(19-22-24(33)8-7-9-25(22)34)30(27)46-28(23)20-11-13-21(14-12-20)36-31(42)37-44-3/h5-15H,4,16-19H2,1-3H3,(H2,36,37,42). The molecule has 3 aromatic heterocycles. The monoisotopic (exact) mass is 650 g/mol. The molecule has 0 atom stereocenters. The quantitative estimate of drug-likeness (QED) is 0.148. The average Bonchev–Trinajstić information content (AvgIpc) is 3.40. The van der Waals surface area contributed by atoms with Crippen LogP contribution in [0.3, 0.4) is 0 Å². The van der Waals surface area contributed by atoms with Gasteiger partial charge in [0, 0.05) is 42.0 Å². The summed E-state index contributed by atoms with van der Waals surface area (Å²) >= 11 is 1.17. The smallest absolute Gasteiger partial charge is 0.343 e. The van der Waals surface area contributed by atoms with E-state index in [9.17, 15) is 23.2 Å². The molecular formula is C32H32F2N6O5S. The van der Waals surface area contributed by atoms with Gasteiger partial charge >= 0.3 is 11.7 Å². The Kier molecular flexibility index (Phi) is 10.3. The predicted molar refractivity (Wildman–Crippen MR) is 172 cm³/mol. The number of halogens is 2. The van der Waals surface area contributed by atoms with E-state index in [2.05, 4.69) is 20.6 Å². The Morgan fingerprint density at radius 1 is 1.02 bits per heavy atom. The molecule has 240 valence electrons. The summed E-state index contributed by atoms with van der Waals surface area (Å²) in [7, 11) is 3.20. The van der Waals surface area contributed by atoms with Crippen LogP contribution in [-0.4, -0.2) is 59.0 Å². The number of thiophene rings is 1. The lowest BCUT2D eigenvalue weighted by molar-refractivity contribution is 0.114. The van der Waals surface area contributed by atoms with Crippen LogP contribution in [0.1, 0.15) is 18.1 Å². The van der Waals surface area contributed by atoms with Crippen LogP contribution in [0.2, 0.25) is 0 Å². The average molecular weight is 651 g/mol. The molecule has 14 heteroatoms. The van der Waals surface area contributed by atoms with Gasteiger partial charge in [-0.15, -0.1) is 11.3 Å². The maximum Gasteiger partial charge on any atom is 0.343 e. The van der Waals surface area contributed by atoms with Gasteiger partial charge in [0.15, 0.2) is 0 Å². The highest BCUT2D eigenvalue weighted by atomic mass is 32.1. The van der Waals surface area contributed by atoms with Gasteiger partial charge in [0.25, 0.3) is 5.56 Å². The molecular weight excluding hydrogens is 618 g/mol. The number of nitrogens with one attached hydrogen (secondary N) is 2. The second-order valence-corrected chi connectivity index (χ2v) is 11.3. The van der Waals surface area contributed by atoms with E-state index in [4.69, 9.17) is 4.74 Å². The first-order valence-corrected chi connectivity index (χ1v) is 15.2. The third-order valence-electron chi connectivity index (χ3n) is 7.18. The van der Waals surface area contributed by atoms with Crippen molar-refractivity contribution >= 4 is 33.3 Å². The van der Waals surface area contributed by atoms with Gasteiger partial charge in [-0.3, -0.25) is 19.1 Å². The molecule has 0 radical (unpaired) electrons. The first kappa shape index (κ1) is 32.6. The number of amides is 2. The summed E-state index contributed by atoms with van der Waals surface area (Å²) in [6.45, 7) is 3.30. The number of urea groups is 1. The number of hydrogen-bond acceptors (Lipinski definition) is 8. The van der Waals surface area contributed by atoms with E-state index >= 15 is 0 Å². The number of aromatic nitrogens is 3. The van der Waals surface area contributed by atoms with Crippen molar-refractivity contribution in [3.8, 4) is 16.3 Å². The summed E-state index contributed by atoms with van der Waals surface area (Å²) in [4.78, 5) is 52.1. The number of carbonyl (C=O) groups excluding carboxylic acids is 1. The molecule has 0 aliphatic heterocycles. The van der Waals surface area contributed by atoms with Crippen LogP contribution in [0.25, 0.3) is 26.5 Å². The minimum absolute atomic E-state index is 0.0790. The van der Waals surface area contributed by atoms with Gasteiger partial charge in [-0.2, -0.15) is 0 Å². The number of rotatable bonds is 12. The molecule has 0 aliphatic rings. The van der Waals surface area contributed by atoms with Crippen LogP contribution in [-0.2, 0) is 22.7 Å². The van der Waals surface area contributed by atoms with Gasteiger partial charge in [0.05, 0.1) is 25.6 Å². The van der Waals surface area contributed by atoms with Gasteiger partial charge in [0.1, 0.15) is 22.3 Å². The molecule has 0 saturated heterocycles. The molecule has 0 fully saturated rings. The zero-order valence-electron chi connectivity index (χ0n) is 25.4. The molecule has 0 aliphatic carbocycles. The molecule has 5 rings (SSSR count). The normalized spacial score (nSPS) is 11.3. The summed E-state index contributed by atoms with van der Waals surface area (Å²) in [5, 5.41) is 2.87. The number of anilines is 1. The Morgan fingerprint density at radius 2 is 1.76 bits per heavy atom. The zero-order valence-corrected chi connectivity index (χ0v) is 26.2. The van der Waals surface area contributed by atoms with Crippen molar-refractivity contribution in [2.45, 2.75) is 20.0 Å². The van der Waals surface area contributed by atoms with Crippen molar-refractivity contribution in [3.63, 3.8) is 0 Å². The van der Waals surface area contributed by atoms with Crippen LogP contribution >= 0.6 is 11.3 Å². The van der Waals surface area contributed by atoms with Crippen molar-refractivity contribution in [2.24, 2.45) is 0 Å². The largest absolute Gasteiger partial charge is 0.380 e. The lowest BCUT2D eigenvalue weighted by Gasteiger charge is -2.18. The Bertz CT molecular complexity index is 1940. The van der Waals surface area contributed by atoms with E-state index in [1.807, 2.05) is 18.9 Å². The van der Waals surface area contributed by atoms with Crippen LogP contribution < -0.4 is 22.0 Å². The second kappa shape index (κ2) is 14.6. The fraction of sp³-hybridized carbons (Fsp3) is 0.250. The van der Waals surface area contributed by atoms with Crippen molar-refractivity contribution in [2.75, 3.05) is 39.2 Å². The Balaban J connectivity index is 1.76. The van der Waals surface area contributed by atoms with E-state index in [0.29, 0.717) is 48.0 Å². The molecule has 0 saturated carbocycles. The molecule has 46 heavy (non-hydrogen) atoms. The van der Waals surface area contributed by atoms with E-state index in [0.717, 1.165) is 16.7 Å². The summed E-state index contributed by atoms with van der Waals surface area (Å²) in [5.74, 6) is -1.55.